The Morgan fingerprint density at radius 2 is 2.31 bits per heavy atom. The highest BCUT2D eigenvalue weighted by Crippen LogP contribution is 2.28. The third kappa shape index (κ3) is 1.14. The fourth-order valence-corrected chi connectivity index (χ4v) is 2.35. The molecule has 0 radical (unpaired) electrons. The topological polar surface area (TPSA) is 61.0 Å². The summed E-state index contributed by atoms with van der Waals surface area (Å²) in [6.07, 6.45) is 2.09. The molecule has 2 aromatic rings. The van der Waals surface area contributed by atoms with E-state index < -0.39 is 0 Å². The number of aryl methyl sites for hydroxylation is 3. The quantitative estimate of drug-likeness (QED) is 0.543. The number of nitro benzene ring substituents is 1. The lowest BCUT2D eigenvalue weighted by Gasteiger charge is -2.00. The average Bonchev–Trinajstić information content (AvgIpc) is 2.77. The van der Waals surface area contributed by atoms with E-state index in [1.807, 2.05) is 6.07 Å². The molecule has 0 spiro atoms. The van der Waals surface area contributed by atoms with Gasteiger partial charge in [0.2, 0.25) is 0 Å². The fraction of sp³-hybridized carbons (Fsp3) is 0.364. The summed E-state index contributed by atoms with van der Waals surface area (Å²) in [7, 11) is 0. The van der Waals surface area contributed by atoms with Gasteiger partial charge in [-0.15, -0.1) is 0 Å². The largest absolute Gasteiger partial charge is 0.328 e. The molecule has 1 aromatic carbocycles. The second-order valence-electron chi connectivity index (χ2n) is 4.17. The van der Waals surface area contributed by atoms with Crippen LogP contribution in [0.5, 0.6) is 0 Å². The van der Waals surface area contributed by atoms with Crippen molar-refractivity contribution in [1.29, 1.82) is 0 Å². The summed E-state index contributed by atoms with van der Waals surface area (Å²) in [6, 6.07) is 3.45. The van der Waals surface area contributed by atoms with Crippen molar-refractivity contribution in [2.24, 2.45) is 0 Å². The summed E-state index contributed by atoms with van der Waals surface area (Å²) in [6.45, 7) is 2.75. The van der Waals surface area contributed by atoms with E-state index in [9.17, 15) is 10.1 Å². The van der Waals surface area contributed by atoms with Crippen LogP contribution >= 0.6 is 0 Å². The molecule has 2 heterocycles. The summed E-state index contributed by atoms with van der Waals surface area (Å²) < 4.78 is 2.16. The summed E-state index contributed by atoms with van der Waals surface area (Å²) in [5, 5.41) is 10.8. The minimum Gasteiger partial charge on any atom is -0.328 e. The lowest BCUT2D eigenvalue weighted by molar-refractivity contribution is -0.385. The van der Waals surface area contributed by atoms with E-state index >= 15 is 0 Å². The summed E-state index contributed by atoms with van der Waals surface area (Å²) in [5.74, 6) is 1.05. The normalized spacial score (nSPS) is 14.3. The molecule has 1 aromatic heterocycles. The highest BCUT2D eigenvalue weighted by molar-refractivity contribution is 5.80. The highest BCUT2D eigenvalue weighted by atomic mass is 16.6. The molecule has 0 amide bonds. The van der Waals surface area contributed by atoms with Gasteiger partial charge in [0.05, 0.1) is 16.0 Å². The van der Waals surface area contributed by atoms with E-state index in [-0.39, 0.29) is 10.6 Å². The number of hydrogen-bond donors (Lipinski definition) is 0. The first-order valence-electron chi connectivity index (χ1n) is 5.31. The Morgan fingerprint density at radius 3 is 3.06 bits per heavy atom. The Bertz CT molecular complexity index is 601. The SMILES string of the molecule is Cc1cc2c(cc1[N+](=O)[O-])nc1n2CCC1. The fourth-order valence-electron chi connectivity index (χ4n) is 2.35. The van der Waals surface area contributed by atoms with Gasteiger partial charge in [0.25, 0.3) is 5.69 Å². The van der Waals surface area contributed by atoms with Gasteiger partial charge in [0.15, 0.2) is 0 Å². The molecule has 5 heteroatoms. The first-order valence-corrected chi connectivity index (χ1v) is 5.31. The molecule has 0 unspecified atom stereocenters. The van der Waals surface area contributed by atoms with Gasteiger partial charge < -0.3 is 4.57 Å². The number of benzene rings is 1. The molecular formula is C11H11N3O2. The molecule has 82 valence electrons. The van der Waals surface area contributed by atoms with Gasteiger partial charge in [-0.2, -0.15) is 0 Å². The monoisotopic (exact) mass is 217 g/mol. The van der Waals surface area contributed by atoms with Crippen LogP contribution in [0.25, 0.3) is 11.0 Å². The number of nitro groups is 1. The predicted molar refractivity (Wildman–Crippen MR) is 59.4 cm³/mol. The number of aromatic nitrogens is 2. The van der Waals surface area contributed by atoms with Crippen molar-refractivity contribution in [1.82, 2.24) is 9.55 Å². The van der Waals surface area contributed by atoms with Gasteiger partial charge in [-0.1, -0.05) is 0 Å². The van der Waals surface area contributed by atoms with Crippen LogP contribution in [0.15, 0.2) is 12.1 Å². The maximum atomic E-state index is 10.8. The Morgan fingerprint density at radius 1 is 1.50 bits per heavy atom. The van der Waals surface area contributed by atoms with Gasteiger partial charge in [-0.05, 0) is 19.4 Å². The van der Waals surface area contributed by atoms with E-state index in [1.54, 1.807) is 13.0 Å². The second kappa shape index (κ2) is 3.04. The molecule has 0 saturated heterocycles. The van der Waals surface area contributed by atoms with E-state index in [2.05, 4.69) is 9.55 Å². The maximum Gasteiger partial charge on any atom is 0.274 e. The number of fused-ring (bicyclic) bond motifs is 3. The smallest absolute Gasteiger partial charge is 0.274 e. The summed E-state index contributed by atoms with van der Waals surface area (Å²) >= 11 is 0. The standard InChI is InChI=1S/C11H11N3O2/c1-7-5-10-8(6-9(7)14(15)16)12-11-3-2-4-13(10)11/h5-6H,2-4H2,1H3. The van der Waals surface area contributed by atoms with Gasteiger partial charge in [-0.3, -0.25) is 10.1 Å². The van der Waals surface area contributed by atoms with Crippen LogP contribution in [0, 0.1) is 17.0 Å². The van der Waals surface area contributed by atoms with E-state index in [4.69, 9.17) is 0 Å². The van der Waals surface area contributed by atoms with Crippen molar-refractivity contribution in [3.8, 4) is 0 Å². The maximum absolute atomic E-state index is 10.8. The van der Waals surface area contributed by atoms with Crippen LogP contribution < -0.4 is 0 Å². The number of nitrogens with zero attached hydrogens (tertiary/aromatic N) is 3. The summed E-state index contributed by atoms with van der Waals surface area (Å²) in [4.78, 5) is 14.9. The summed E-state index contributed by atoms with van der Waals surface area (Å²) in [5.41, 5.74) is 2.62. The van der Waals surface area contributed by atoms with Crippen LogP contribution in [0.1, 0.15) is 17.8 Å². The molecule has 0 bridgehead atoms. The molecule has 0 saturated carbocycles. The van der Waals surface area contributed by atoms with Crippen LogP contribution in [0.3, 0.4) is 0 Å². The second-order valence-corrected chi connectivity index (χ2v) is 4.17. The van der Waals surface area contributed by atoms with Crippen molar-refractivity contribution in [3.05, 3.63) is 33.6 Å². The van der Waals surface area contributed by atoms with Crippen LogP contribution in [-0.4, -0.2) is 14.5 Å². The average molecular weight is 217 g/mol. The van der Waals surface area contributed by atoms with Gasteiger partial charge >= 0.3 is 0 Å². The highest BCUT2D eigenvalue weighted by Gasteiger charge is 2.19. The Kier molecular flexibility index (Phi) is 1.77. The number of imidazole rings is 1. The number of rotatable bonds is 1. The van der Waals surface area contributed by atoms with Crippen molar-refractivity contribution >= 4 is 16.7 Å². The zero-order chi connectivity index (χ0) is 11.3. The molecule has 1 aliphatic rings. The Hall–Kier alpha value is -1.91. The van der Waals surface area contributed by atoms with Crippen molar-refractivity contribution in [2.75, 3.05) is 0 Å². The third-order valence-electron chi connectivity index (χ3n) is 3.12. The molecule has 0 N–H and O–H groups in total. The van der Waals surface area contributed by atoms with Crippen molar-refractivity contribution in [2.45, 2.75) is 26.3 Å². The van der Waals surface area contributed by atoms with Crippen LogP contribution in [-0.2, 0) is 13.0 Å². The van der Waals surface area contributed by atoms with Gasteiger partial charge in [0, 0.05) is 24.6 Å². The zero-order valence-corrected chi connectivity index (χ0v) is 8.93. The lowest BCUT2D eigenvalue weighted by atomic mass is 10.2. The molecule has 0 fully saturated rings. The van der Waals surface area contributed by atoms with Gasteiger partial charge in [0.1, 0.15) is 5.82 Å². The first-order chi connectivity index (χ1) is 7.66. The number of hydrogen-bond acceptors (Lipinski definition) is 3. The molecule has 1 aliphatic heterocycles. The molecule has 0 aliphatic carbocycles. The third-order valence-corrected chi connectivity index (χ3v) is 3.12. The zero-order valence-electron chi connectivity index (χ0n) is 8.93. The van der Waals surface area contributed by atoms with E-state index in [0.717, 1.165) is 36.2 Å². The van der Waals surface area contributed by atoms with E-state index in [0.29, 0.717) is 5.56 Å². The molecule has 3 rings (SSSR count). The Labute approximate surface area is 91.9 Å². The first kappa shape index (κ1) is 9.33. The Balaban J connectivity index is 2.32. The van der Waals surface area contributed by atoms with Crippen LogP contribution in [0.2, 0.25) is 0 Å². The van der Waals surface area contributed by atoms with Crippen molar-refractivity contribution in [3.63, 3.8) is 0 Å². The predicted octanol–water partition coefficient (Wildman–Crippen LogP) is 2.20. The minimum absolute atomic E-state index is 0.157. The lowest BCUT2D eigenvalue weighted by Crippen LogP contribution is -1.94. The van der Waals surface area contributed by atoms with Crippen LogP contribution in [0.4, 0.5) is 5.69 Å². The molecule has 16 heavy (non-hydrogen) atoms. The van der Waals surface area contributed by atoms with E-state index in [1.165, 1.54) is 0 Å². The molecule has 5 nitrogen and oxygen atoms in total. The van der Waals surface area contributed by atoms with Crippen molar-refractivity contribution < 1.29 is 4.92 Å². The molecule has 0 atom stereocenters. The minimum atomic E-state index is -0.348. The molecular weight excluding hydrogens is 206 g/mol. The van der Waals surface area contributed by atoms with Gasteiger partial charge in [-0.25, -0.2) is 4.98 Å².